The van der Waals surface area contributed by atoms with Crippen LogP contribution in [-0.4, -0.2) is 37.4 Å². The molecule has 1 aliphatic heterocycles. The molecule has 0 aromatic carbocycles. The number of piperidine rings is 1. The molecule has 0 atom stereocenters. The van der Waals surface area contributed by atoms with Crippen LogP contribution in [0.3, 0.4) is 0 Å². The van der Waals surface area contributed by atoms with Crippen molar-refractivity contribution < 1.29 is 0 Å². The number of anilines is 1. The largest absolute Gasteiger partial charge is 0.348 e. The van der Waals surface area contributed by atoms with Crippen molar-refractivity contribution in [2.75, 3.05) is 18.0 Å². The Kier molecular flexibility index (Phi) is 3.41. The second-order valence-electron chi connectivity index (χ2n) is 6.97. The summed E-state index contributed by atoms with van der Waals surface area (Å²) in [4.78, 5) is 23.6. The van der Waals surface area contributed by atoms with Crippen LogP contribution in [0.5, 0.6) is 0 Å². The summed E-state index contributed by atoms with van der Waals surface area (Å²) in [5.41, 5.74) is 1.01. The number of thiazole rings is 1. The van der Waals surface area contributed by atoms with Gasteiger partial charge in [0.05, 0.1) is 10.9 Å². The highest BCUT2D eigenvalue weighted by molar-refractivity contribution is 7.22. The van der Waals surface area contributed by atoms with Gasteiger partial charge in [0.1, 0.15) is 11.3 Å². The zero-order chi connectivity index (χ0) is 17.0. The summed E-state index contributed by atoms with van der Waals surface area (Å²) in [6, 6.07) is 2.40. The monoisotopic (exact) mass is 356 g/mol. The van der Waals surface area contributed by atoms with Crippen molar-refractivity contribution in [3.05, 3.63) is 34.8 Å². The number of rotatable bonds is 3. The molecule has 8 heteroatoms. The number of nitrogens with zero attached hydrogens (tertiary/aromatic N) is 6. The van der Waals surface area contributed by atoms with Gasteiger partial charge in [-0.25, -0.2) is 14.5 Å². The van der Waals surface area contributed by atoms with Crippen LogP contribution in [-0.2, 0) is 7.05 Å². The summed E-state index contributed by atoms with van der Waals surface area (Å²) in [6.45, 7) is 1.90. The van der Waals surface area contributed by atoms with E-state index < -0.39 is 0 Å². The summed E-state index contributed by atoms with van der Waals surface area (Å²) in [5.74, 6) is 1.35. The molecule has 1 saturated carbocycles. The second-order valence-corrected chi connectivity index (χ2v) is 7.98. The minimum absolute atomic E-state index is 0.0404. The van der Waals surface area contributed by atoms with E-state index in [1.165, 1.54) is 9.38 Å². The maximum absolute atomic E-state index is 12.3. The first kappa shape index (κ1) is 15.1. The van der Waals surface area contributed by atoms with Gasteiger partial charge in [-0.3, -0.25) is 9.55 Å². The van der Waals surface area contributed by atoms with Crippen LogP contribution < -0.4 is 10.6 Å². The van der Waals surface area contributed by atoms with E-state index >= 15 is 0 Å². The van der Waals surface area contributed by atoms with Crippen molar-refractivity contribution in [3.63, 3.8) is 0 Å². The summed E-state index contributed by atoms with van der Waals surface area (Å²) in [5, 5.41) is 5.63. The lowest BCUT2D eigenvalue weighted by Gasteiger charge is -2.31. The second kappa shape index (κ2) is 5.66. The minimum atomic E-state index is 0.0404. The van der Waals surface area contributed by atoms with Gasteiger partial charge in [-0.2, -0.15) is 5.10 Å². The van der Waals surface area contributed by atoms with E-state index in [9.17, 15) is 4.79 Å². The van der Waals surface area contributed by atoms with Gasteiger partial charge in [-0.1, -0.05) is 11.3 Å². The molecule has 1 saturated heterocycles. The van der Waals surface area contributed by atoms with Crippen LogP contribution in [0.2, 0.25) is 0 Å². The van der Waals surface area contributed by atoms with Crippen LogP contribution in [0.25, 0.3) is 10.2 Å². The summed E-state index contributed by atoms with van der Waals surface area (Å²) < 4.78 is 4.63. The lowest BCUT2D eigenvalue weighted by molar-refractivity contribution is 0.462. The van der Waals surface area contributed by atoms with Gasteiger partial charge in [0.15, 0.2) is 5.13 Å². The lowest BCUT2D eigenvalue weighted by Crippen LogP contribution is -2.34. The molecule has 0 N–H and O–H groups in total. The Morgan fingerprint density at radius 2 is 2.00 bits per heavy atom. The molecule has 4 heterocycles. The Morgan fingerprint density at radius 3 is 2.72 bits per heavy atom. The molecule has 25 heavy (non-hydrogen) atoms. The Bertz CT molecular complexity index is 944. The summed E-state index contributed by atoms with van der Waals surface area (Å²) in [6.07, 6.45) is 7.88. The van der Waals surface area contributed by atoms with Gasteiger partial charge in [-0.05, 0) is 31.7 Å². The SMILES string of the molecule is Cn1nc(C2CCN(c3nc4cnccc4s3)CC2)n(C2CC2)c1=O. The molecule has 1 aliphatic carbocycles. The Hall–Kier alpha value is -2.22. The van der Waals surface area contributed by atoms with Gasteiger partial charge in [0.25, 0.3) is 0 Å². The van der Waals surface area contributed by atoms with Crippen LogP contribution >= 0.6 is 11.3 Å². The number of fused-ring (bicyclic) bond motifs is 1. The molecule has 0 bridgehead atoms. The van der Waals surface area contributed by atoms with Crippen molar-refractivity contribution in [2.45, 2.75) is 37.6 Å². The molecule has 130 valence electrons. The molecular weight excluding hydrogens is 336 g/mol. The highest BCUT2D eigenvalue weighted by Gasteiger charge is 2.33. The zero-order valence-corrected chi connectivity index (χ0v) is 14.9. The Balaban J connectivity index is 1.36. The van der Waals surface area contributed by atoms with Crippen LogP contribution in [0.15, 0.2) is 23.3 Å². The van der Waals surface area contributed by atoms with Crippen molar-refractivity contribution in [3.8, 4) is 0 Å². The number of aromatic nitrogens is 5. The third-order valence-corrected chi connectivity index (χ3v) is 6.30. The first-order chi connectivity index (χ1) is 12.2. The summed E-state index contributed by atoms with van der Waals surface area (Å²) in [7, 11) is 1.76. The average Bonchev–Trinajstić information content (AvgIpc) is 3.30. The molecule has 3 aromatic rings. The molecule has 0 amide bonds. The number of aryl methyl sites for hydroxylation is 1. The smallest absolute Gasteiger partial charge is 0.345 e. The Labute approximate surface area is 148 Å². The fourth-order valence-electron chi connectivity index (χ4n) is 3.68. The zero-order valence-electron chi connectivity index (χ0n) is 14.1. The van der Waals surface area contributed by atoms with Crippen molar-refractivity contribution in [1.29, 1.82) is 0 Å². The highest BCUT2D eigenvalue weighted by atomic mass is 32.1. The molecule has 7 nitrogen and oxygen atoms in total. The molecule has 3 aromatic heterocycles. The van der Waals surface area contributed by atoms with Crippen molar-refractivity contribution in [1.82, 2.24) is 24.3 Å². The van der Waals surface area contributed by atoms with Gasteiger partial charge in [0, 0.05) is 38.3 Å². The topological polar surface area (TPSA) is 68.8 Å². The first-order valence-corrected chi connectivity index (χ1v) is 9.63. The number of pyridine rings is 1. The number of hydrogen-bond donors (Lipinski definition) is 0. The summed E-state index contributed by atoms with van der Waals surface area (Å²) >= 11 is 1.73. The van der Waals surface area contributed by atoms with E-state index in [1.807, 2.05) is 23.0 Å². The average molecular weight is 356 g/mol. The quantitative estimate of drug-likeness (QED) is 0.720. The van der Waals surface area contributed by atoms with Crippen LogP contribution in [0.1, 0.15) is 43.5 Å². The predicted octanol–water partition coefficient (Wildman–Crippen LogP) is 2.31. The fourth-order valence-corrected chi connectivity index (χ4v) is 4.67. The first-order valence-electron chi connectivity index (χ1n) is 8.81. The van der Waals surface area contributed by atoms with E-state index in [1.54, 1.807) is 18.4 Å². The standard InChI is InChI=1S/C17H20N6OS/c1-21-17(24)23(12-2-3-12)15(20-21)11-5-8-22(9-6-11)16-19-13-10-18-7-4-14(13)25-16/h4,7,10-12H,2-3,5-6,8-9H2,1H3. The molecule has 0 unspecified atom stereocenters. The van der Waals surface area contributed by atoms with Crippen LogP contribution in [0.4, 0.5) is 5.13 Å². The van der Waals surface area contributed by atoms with Gasteiger partial charge in [0.2, 0.25) is 0 Å². The third kappa shape index (κ3) is 2.55. The third-order valence-electron chi connectivity index (χ3n) is 5.20. The van der Waals surface area contributed by atoms with E-state index in [-0.39, 0.29) is 5.69 Å². The van der Waals surface area contributed by atoms with E-state index in [0.29, 0.717) is 12.0 Å². The van der Waals surface area contributed by atoms with Crippen molar-refractivity contribution in [2.24, 2.45) is 7.05 Å². The molecule has 0 radical (unpaired) electrons. The van der Waals surface area contributed by atoms with Crippen LogP contribution in [0, 0.1) is 0 Å². The van der Waals surface area contributed by atoms with Gasteiger partial charge in [-0.15, -0.1) is 0 Å². The number of hydrogen-bond acceptors (Lipinski definition) is 6. The molecular formula is C17H20N6OS. The van der Waals surface area contributed by atoms with E-state index in [2.05, 4.69) is 15.0 Å². The van der Waals surface area contributed by atoms with Crippen molar-refractivity contribution >= 4 is 26.7 Å². The maximum atomic E-state index is 12.3. The van der Waals surface area contributed by atoms with E-state index in [0.717, 1.165) is 55.2 Å². The molecule has 0 spiro atoms. The maximum Gasteiger partial charge on any atom is 0.345 e. The van der Waals surface area contributed by atoms with E-state index in [4.69, 9.17) is 4.98 Å². The predicted molar refractivity (Wildman–Crippen MR) is 97.3 cm³/mol. The van der Waals surface area contributed by atoms with Gasteiger partial charge >= 0.3 is 5.69 Å². The molecule has 2 fully saturated rings. The molecule has 5 rings (SSSR count). The van der Waals surface area contributed by atoms with Gasteiger partial charge < -0.3 is 4.90 Å². The molecule has 2 aliphatic rings. The lowest BCUT2D eigenvalue weighted by atomic mass is 9.96. The normalized spacial score (nSPS) is 19.0. The fraction of sp³-hybridized carbons (Fsp3) is 0.529. The highest BCUT2D eigenvalue weighted by Crippen LogP contribution is 2.38. The minimum Gasteiger partial charge on any atom is -0.348 e. The Morgan fingerprint density at radius 1 is 1.20 bits per heavy atom.